The first-order valence-electron chi connectivity index (χ1n) is 6.40. The summed E-state index contributed by atoms with van der Waals surface area (Å²) in [5, 5.41) is 2.87. The van der Waals surface area contributed by atoms with Gasteiger partial charge in [-0.25, -0.2) is 0 Å². The van der Waals surface area contributed by atoms with Gasteiger partial charge in [-0.05, 0) is 24.6 Å². The number of nitrogens with one attached hydrogen (secondary N) is 1. The predicted molar refractivity (Wildman–Crippen MR) is 66.6 cm³/mol. The molecule has 0 spiro atoms. The highest BCUT2D eigenvalue weighted by atomic mass is 19.4. The first-order valence-corrected chi connectivity index (χ1v) is 6.40. The quantitative estimate of drug-likeness (QED) is 0.895. The van der Waals surface area contributed by atoms with E-state index in [0.717, 1.165) is 5.56 Å². The lowest BCUT2D eigenvalue weighted by Gasteiger charge is -2.30. The molecule has 2 atom stereocenters. The van der Waals surface area contributed by atoms with E-state index in [0.29, 0.717) is 13.1 Å². The minimum absolute atomic E-state index is 0.00304. The van der Waals surface area contributed by atoms with Gasteiger partial charge in [0.15, 0.2) is 0 Å². The molecule has 106 valence electrons. The second-order valence-corrected chi connectivity index (χ2v) is 4.89. The Kier molecular flexibility index (Phi) is 4.42. The highest BCUT2D eigenvalue weighted by Gasteiger charge is 2.41. The van der Waals surface area contributed by atoms with E-state index in [1.165, 1.54) is 0 Å². The lowest BCUT2D eigenvalue weighted by atomic mass is 10.1. The molecule has 0 bridgehead atoms. The van der Waals surface area contributed by atoms with Gasteiger partial charge >= 0.3 is 6.18 Å². The van der Waals surface area contributed by atoms with Crippen molar-refractivity contribution >= 4 is 0 Å². The number of rotatable bonds is 2. The molecular weight excluding hydrogens is 255 g/mol. The van der Waals surface area contributed by atoms with Crippen LogP contribution in [0.4, 0.5) is 13.2 Å². The fraction of sp³-hybridized carbons (Fsp3) is 0.615. The second kappa shape index (κ2) is 5.88. The van der Waals surface area contributed by atoms with Gasteiger partial charge in [0.05, 0.1) is 5.92 Å². The maximum atomic E-state index is 12.9. The summed E-state index contributed by atoms with van der Waals surface area (Å²) in [6.45, 7) is 3.19. The molecule has 1 aromatic rings. The Hall–Kier alpha value is -1.14. The van der Waals surface area contributed by atoms with Crippen molar-refractivity contribution in [3.05, 3.63) is 30.1 Å². The molecule has 0 saturated carbocycles. The molecular formula is C13H18F3N3. The van der Waals surface area contributed by atoms with Gasteiger partial charge in [-0.2, -0.15) is 13.2 Å². The average Bonchev–Trinajstić information content (AvgIpc) is 2.64. The van der Waals surface area contributed by atoms with Crippen LogP contribution in [0.1, 0.15) is 18.5 Å². The standard InChI is InChI=1S/C13H18F3N3/c1-10(11-2-4-17-5-3-11)19-7-6-18-8-12(9-19)13(14,15)16/h2-5,10,12,18H,6-9H2,1H3. The molecule has 2 rings (SSSR count). The molecule has 0 amide bonds. The Bertz CT molecular complexity index is 394. The van der Waals surface area contributed by atoms with Crippen LogP contribution in [0.25, 0.3) is 0 Å². The Morgan fingerprint density at radius 2 is 2.05 bits per heavy atom. The zero-order chi connectivity index (χ0) is 13.9. The molecule has 0 aromatic carbocycles. The van der Waals surface area contributed by atoms with Crippen molar-refractivity contribution in [2.24, 2.45) is 5.92 Å². The second-order valence-electron chi connectivity index (χ2n) is 4.89. The van der Waals surface area contributed by atoms with Gasteiger partial charge < -0.3 is 5.32 Å². The van der Waals surface area contributed by atoms with Gasteiger partial charge in [0, 0.05) is 44.6 Å². The third-order valence-corrected chi connectivity index (χ3v) is 3.62. The number of nitrogens with zero attached hydrogens (tertiary/aromatic N) is 2. The Balaban J connectivity index is 2.10. The molecule has 1 fully saturated rings. The summed E-state index contributed by atoms with van der Waals surface area (Å²) in [4.78, 5) is 5.82. The van der Waals surface area contributed by atoms with Crippen molar-refractivity contribution in [1.29, 1.82) is 0 Å². The van der Waals surface area contributed by atoms with Crippen LogP contribution in [0, 0.1) is 5.92 Å². The van der Waals surface area contributed by atoms with E-state index in [-0.39, 0.29) is 19.1 Å². The first-order chi connectivity index (χ1) is 8.98. The van der Waals surface area contributed by atoms with Crippen LogP contribution < -0.4 is 5.32 Å². The van der Waals surface area contributed by atoms with Gasteiger partial charge in [-0.15, -0.1) is 0 Å². The smallest absolute Gasteiger partial charge is 0.315 e. The fourth-order valence-electron chi connectivity index (χ4n) is 2.36. The van der Waals surface area contributed by atoms with Gasteiger partial charge in [0.25, 0.3) is 0 Å². The van der Waals surface area contributed by atoms with Crippen LogP contribution in [0.15, 0.2) is 24.5 Å². The molecule has 1 aliphatic rings. The summed E-state index contributed by atoms with van der Waals surface area (Å²) in [5.74, 6) is -1.31. The summed E-state index contributed by atoms with van der Waals surface area (Å²) >= 11 is 0. The molecule has 2 unspecified atom stereocenters. The topological polar surface area (TPSA) is 28.2 Å². The molecule has 6 heteroatoms. The van der Waals surface area contributed by atoms with Gasteiger partial charge in [-0.3, -0.25) is 9.88 Å². The zero-order valence-electron chi connectivity index (χ0n) is 10.8. The number of aromatic nitrogens is 1. The van der Waals surface area contributed by atoms with E-state index in [1.807, 2.05) is 24.0 Å². The number of pyridine rings is 1. The van der Waals surface area contributed by atoms with Crippen LogP contribution in [-0.2, 0) is 0 Å². The fourth-order valence-corrected chi connectivity index (χ4v) is 2.36. The summed E-state index contributed by atoms with van der Waals surface area (Å²) in [6, 6.07) is 3.67. The zero-order valence-corrected chi connectivity index (χ0v) is 10.8. The SMILES string of the molecule is CC(c1ccncc1)N1CCNCC(C(F)(F)F)C1. The molecule has 2 heterocycles. The predicted octanol–water partition coefficient (Wildman–Crippen LogP) is 2.23. The van der Waals surface area contributed by atoms with Crippen molar-refractivity contribution in [3.63, 3.8) is 0 Å². The number of alkyl halides is 3. The lowest BCUT2D eigenvalue weighted by Crippen LogP contribution is -2.39. The van der Waals surface area contributed by atoms with Crippen molar-refractivity contribution in [2.75, 3.05) is 26.2 Å². The van der Waals surface area contributed by atoms with Crippen LogP contribution in [-0.4, -0.2) is 42.2 Å². The van der Waals surface area contributed by atoms with Gasteiger partial charge in [0.1, 0.15) is 0 Å². The van der Waals surface area contributed by atoms with Crippen LogP contribution in [0.3, 0.4) is 0 Å². The van der Waals surface area contributed by atoms with E-state index < -0.39 is 12.1 Å². The van der Waals surface area contributed by atoms with Crippen LogP contribution in [0.2, 0.25) is 0 Å². The van der Waals surface area contributed by atoms with Gasteiger partial charge in [0.2, 0.25) is 0 Å². The molecule has 1 aliphatic heterocycles. The van der Waals surface area contributed by atoms with E-state index in [9.17, 15) is 13.2 Å². The summed E-state index contributed by atoms with van der Waals surface area (Å²) in [5.41, 5.74) is 0.998. The average molecular weight is 273 g/mol. The van der Waals surface area contributed by atoms with Crippen molar-refractivity contribution in [1.82, 2.24) is 15.2 Å². The van der Waals surface area contributed by atoms with Crippen molar-refractivity contribution in [2.45, 2.75) is 19.1 Å². The number of hydrogen-bond acceptors (Lipinski definition) is 3. The first kappa shape index (κ1) is 14.3. The van der Waals surface area contributed by atoms with E-state index in [1.54, 1.807) is 12.4 Å². The van der Waals surface area contributed by atoms with Crippen molar-refractivity contribution in [3.8, 4) is 0 Å². The Morgan fingerprint density at radius 3 is 2.68 bits per heavy atom. The summed E-state index contributed by atoms with van der Waals surface area (Å²) in [6.07, 6.45) is -0.806. The highest BCUT2D eigenvalue weighted by Crippen LogP contribution is 2.30. The van der Waals surface area contributed by atoms with Crippen LogP contribution in [0.5, 0.6) is 0 Å². The summed E-state index contributed by atoms with van der Waals surface area (Å²) < 4.78 is 38.7. The number of halogens is 3. The number of hydrogen-bond donors (Lipinski definition) is 1. The molecule has 1 saturated heterocycles. The molecule has 3 nitrogen and oxygen atoms in total. The lowest BCUT2D eigenvalue weighted by molar-refractivity contribution is -0.176. The van der Waals surface area contributed by atoms with Gasteiger partial charge in [-0.1, -0.05) is 0 Å². The Morgan fingerprint density at radius 1 is 1.37 bits per heavy atom. The highest BCUT2D eigenvalue weighted by molar-refractivity contribution is 5.14. The molecule has 19 heavy (non-hydrogen) atoms. The van der Waals surface area contributed by atoms with Crippen LogP contribution >= 0.6 is 0 Å². The van der Waals surface area contributed by atoms with E-state index >= 15 is 0 Å². The molecule has 0 radical (unpaired) electrons. The van der Waals surface area contributed by atoms with E-state index in [4.69, 9.17) is 0 Å². The minimum Gasteiger partial charge on any atom is -0.315 e. The normalized spacial score (nSPS) is 23.9. The van der Waals surface area contributed by atoms with E-state index in [2.05, 4.69) is 10.3 Å². The van der Waals surface area contributed by atoms with Crippen molar-refractivity contribution < 1.29 is 13.2 Å². The third-order valence-electron chi connectivity index (χ3n) is 3.62. The monoisotopic (exact) mass is 273 g/mol. The maximum Gasteiger partial charge on any atom is 0.394 e. The minimum atomic E-state index is -4.15. The molecule has 0 aliphatic carbocycles. The maximum absolute atomic E-state index is 12.9. The third kappa shape index (κ3) is 3.67. The largest absolute Gasteiger partial charge is 0.394 e. The summed E-state index contributed by atoms with van der Waals surface area (Å²) in [7, 11) is 0. The Labute approximate surface area is 110 Å². The molecule has 1 N–H and O–H groups in total. The molecule has 1 aromatic heterocycles.